The van der Waals surface area contributed by atoms with Gasteiger partial charge in [0, 0.05) is 12.1 Å². The van der Waals surface area contributed by atoms with Crippen molar-refractivity contribution in [2.24, 2.45) is 11.1 Å². The third kappa shape index (κ3) is 3.37. The van der Waals surface area contributed by atoms with Gasteiger partial charge in [-0.05, 0) is 70.2 Å². The van der Waals surface area contributed by atoms with Crippen LogP contribution in [-0.4, -0.2) is 54.6 Å². The zero-order chi connectivity index (χ0) is 14.6. The molecule has 0 spiro atoms. The minimum atomic E-state index is 0.291. The molecule has 3 heteroatoms. The average Bonchev–Trinajstić information content (AvgIpc) is 2.71. The van der Waals surface area contributed by atoms with E-state index in [9.17, 15) is 0 Å². The Labute approximate surface area is 125 Å². The summed E-state index contributed by atoms with van der Waals surface area (Å²) in [5.74, 6) is 0. The van der Waals surface area contributed by atoms with E-state index in [1.54, 1.807) is 0 Å². The van der Waals surface area contributed by atoms with Gasteiger partial charge in [0.2, 0.25) is 0 Å². The highest BCUT2D eigenvalue weighted by Crippen LogP contribution is 2.38. The lowest BCUT2D eigenvalue weighted by Crippen LogP contribution is -2.57. The lowest BCUT2D eigenvalue weighted by Gasteiger charge is -2.49. The molecule has 0 aromatic rings. The molecule has 3 nitrogen and oxygen atoms in total. The SMILES string of the molecule is CCN1CCCC(CN)(N2CCC(C)(CC)CC2)CC1. The normalized spacial score (nSPS) is 33.0. The lowest BCUT2D eigenvalue weighted by atomic mass is 9.76. The van der Waals surface area contributed by atoms with E-state index < -0.39 is 0 Å². The molecule has 1 atom stereocenters. The summed E-state index contributed by atoms with van der Waals surface area (Å²) in [6, 6.07) is 0. The summed E-state index contributed by atoms with van der Waals surface area (Å²) in [5.41, 5.74) is 7.13. The minimum Gasteiger partial charge on any atom is -0.329 e. The Bertz CT molecular complexity index is 297. The molecule has 0 radical (unpaired) electrons. The molecule has 0 aromatic carbocycles. The van der Waals surface area contributed by atoms with E-state index in [0.29, 0.717) is 11.0 Å². The fourth-order valence-corrected chi connectivity index (χ4v) is 4.07. The lowest BCUT2D eigenvalue weighted by molar-refractivity contribution is 0.0161. The van der Waals surface area contributed by atoms with E-state index in [1.807, 2.05) is 0 Å². The van der Waals surface area contributed by atoms with E-state index in [0.717, 1.165) is 6.54 Å². The number of piperidine rings is 1. The first-order chi connectivity index (χ1) is 9.57. The van der Waals surface area contributed by atoms with E-state index in [2.05, 4.69) is 30.6 Å². The summed E-state index contributed by atoms with van der Waals surface area (Å²) in [6.45, 7) is 14.1. The molecule has 2 saturated heterocycles. The number of nitrogens with zero attached hydrogens (tertiary/aromatic N) is 2. The van der Waals surface area contributed by atoms with E-state index in [-0.39, 0.29) is 0 Å². The van der Waals surface area contributed by atoms with Gasteiger partial charge in [-0.3, -0.25) is 4.90 Å². The van der Waals surface area contributed by atoms with Crippen molar-refractivity contribution in [3.63, 3.8) is 0 Å². The molecule has 20 heavy (non-hydrogen) atoms. The maximum Gasteiger partial charge on any atom is 0.0344 e. The molecular formula is C17H35N3. The van der Waals surface area contributed by atoms with Gasteiger partial charge in [0.15, 0.2) is 0 Å². The van der Waals surface area contributed by atoms with Crippen molar-refractivity contribution in [1.82, 2.24) is 9.80 Å². The quantitative estimate of drug-likeness (QED) is 0.860. The van der Waals surface area contributed by atoms with Crippen molar-refractivity contribution in [1.29, 1.82) is 0 Å². The third-order valence-corrected chi connectivity index (χ3v) is 6.33. The van der Waals surface area contributed by atoms with Gasteiger partial charge in [-0.15, -0.1) is 0 Å². The van der Waals surface area contributed by atoms with Gasteiger partial charge in [0.1, 0.15) is 0 Å². The molecule has 0 bridgehead atoms. The van der Waals surface area contributed by atoms with Crippen LogP contribution in [0, 0.1) is 5.41 Å². The van der Waals surface area contributed by atoms with Crippen LogP contribution in [0.25, 0.3) is 0 Å². The second-order valence-electron chi connectivity index (χ2n) is 7.37. The van der Waals surface area contributed by atoms with Crippen molar-refractivity contribution < 1.29 is 0 Å². The smallest absolute Gasteiger partial charge is 0.0344 e. The molecule has 118 valence electrons. The second-order valence-corrected chi connectivity index (χ2v) is 7.37. The van der Waals surface area contributed by atoms with Crippen LogP contribution in [0.5, 0.6) is 0 Å². The van der Waals surface area contributed by atoms with Crippen molar-refractivity contribution >= 4 is 0 Å². The summed E-state index contributed by atoms with van der Waals surface area (Å²) in [5, 5.41) is 0. The Hall–Kier alpha value is -0.120. The van der Waals surface area contributed by atoms with Crippen LogP contribution in [0.15, 0.2) is 0 Å². The first-order valence-corrected chi connectivity index (χ1v) is 8.75. The molecule has 2 fully saturated rings. The van der Waals surface area contributed by atoms with E-state index in [1.165, 1.54) is 71.2 Å². The maximum absolute atomic E-state index is 6.27. The van der Waals surface area contributed by atoms with E-state index in [4.69, 9.17) is 5.73 Å². The van der Waals surface area contributed by atoms with Crippen LogP contribution in [0.3, 0.4) is 0 Å². The summed E-state index contributed by atoms with van der Waals surface area (Å²) in [7, 11) is 0. The zero-order valence-electron chi connectivity index (χ0n) is 14.0. The van der Waals surface area contributed by atoms with Crippen LogP contribution >= 0.6 is 0 Å². The van der Waals surface area contributed by atoms with Gasteiger partial charge in [-0.2, -0.15) is 0 Å². The Morgan fingerprint density at radius 1 is 0.950 bits per heavy atom. The zero-order valence-corrected chi connectivity index (χ0v) is 14.0. The molecule has 2 aliphatic heterocycles. The molecule has 1 unspecified atom stereocenters. The van der Waals surface area contributed by atoms with Crippen molar-refractivity contribution in [2.75, 3.05) is 39.3 Å². The Kier molecular flexibility index (Phi) is 5.49. The molecule has 0 amide bonds. The fraction of sp³-hybridized carbons (Fsp3) is 1.00. The number of hydrogen-bond donors (Lipinski definition) is 1. The molecule has 0 aliphatic carbocycles. The monoisotopic (exact) mass is 281 g/mol. The summed E-state index contributed by atoms with van der Waals surface area (Å²) < 4.78 is 0. The molecule has 0 saturated carbocycles. The van der Waals surface area contributed by atoms with E-state index >= 15 is 0 Å². The average molecular weight is 281 g/mol. The number of rotatable bonds is 4. The number of nitrogens with two attached hydrogens (primary N) is 1. The highest BCUT2D eigenvalue weighted by atomic mass is 15.2. The highest BCUT2D eigenvalue weighted by Gasteiger charge is 2.40. The summed E-state index contributed by atoms with van der Waals surface area (Å²) in [4.78, 5) is 5.35. The van der Waals surface area contributed by atoms with Gasteiger partial charge in [0.25, 0.3) is 0 Å². The molecule has 2 N–H and O–H groups in total. The van der Waals surface area contributed by atoms with Gasteiger partial charge < -0.3 is 10.6 Å². The van der Waals surface area contributed by atoms with Crippen molar-refractivity contribution in [2.45, 2.75) is 64.8 Å². The molecule has 2 heterocycles. The minimum absolute atomic E-state index is 0.291. The molecule has 2 aliphatic rings. The standard InChI is InChI=1S/C17H35N3/c1-4-16(3)8-13-20(14-9-16)17(15-18)7-6-11-19(5-2)12-10-17/h4-15,18H2,1-3H3. The first kappa shape index (κ1) is 16.3. The summed E-state index contributed by atoms with van der Waals surface area (Å²) >= 11 is 0. The maximum atomic E-state index is 6.27. The van der Waals surface area contributed by atoms with Crippen LogP contribution in [0.1, 0.15) is 59.3 Å². The largest absolute Gasteiger partial charge is 0.329 e. The summed E-state index contributed by atoms with van der Waals surface area (Å²) in [6.07, 6.45) is 7.89. The Morgan fingerprint density at radius 3 is 2.20 bits per heavy atom. The van der Waals surface area contributed by atoms with Gasteiger partial charge in [-0.25, -0.2) is 0 Å². The highest BCUT2D eigenvalue weighted by molar-refractivity contribution is 4.97. The number of likely N-dealkylation sites (tertiary alicyclic amines) is 2. The van der Waals surface area contributed by atoms with Crippen LogP contribution < -0.4 is 5.73 Å². The van der Waals surface area contributed by atoms with Gasteiger partial charge in [-0.1, -0.05) is 27.2 Å². The second kappa shape index (κ2) is 6.76. The topological polar surface area (TPSA) is 32.5 Å². The Balaban J connectivity index is 2.01. The molecule has 0 aromatic heterocycles. The molecule has 2 rings (SSSR count). The first-order valence-electron chi connectivity index (χ1n) is 8.75. The third-order valence-electron chi connectivity index (χ3n) is 6.33. The predicted octanol–water partition coefficient (Wildman–Crippen LogP) is 2.70. The van der Waals surface area contributed by atoms with Crippen LogP contribution in [0.4, 0.5) is 0 Å². The predicted molar refractivity (Wildman–Crippen MR) is 87.0 cm³/mol. The number of hydrogen-bond acceptors (Lipinski definition) is 3. The Morgan fingerprint density at radius 2 is 1.65 bits per heavy atom. The van der Waals surface area contributed by atoms with Gasteiger partial charge >= 0.3 is 0 Å². The fourth-order valence-electron chi connectivity index (χ4n) is 4.07. The van der Waals surface area contributed by atoms with Crippen LogP contribution in [-0.2, 0) is 0 Å². The van der Waals surface area contributed by atoms with Crippen molar-refractivity contribution in [3.05, 3.63) is 0 Å². The van der Waals surface area contributed by atoms with Crippen LogP contribution in [0.2, 0.25) is 0 Å². The van der Waals surface area contributed by atoms with Gasteiger partial charge in [0.05, 0.1) is 0 Å². The molecular weight excluding hydrogens is 246 g/mol. The van der Waals surface area contributed by atoms with Crippen molar-refractivity contribution in [3.8, 4) is 0 Å².